The molecular formula is C9H18O5. The maximum Gasteiger partial charge on any atom is 0.505 e. The highest BCUT2D eigenvalue weighted by Gasteiger charge is 2.03. The van der Waals surface area contributed by atoms with Crippen molar-refractivity contribution in [3.63, 3.8) is 0 Å². The van der Waals surface area contributed by atoms with E-state index in [1.807, 2.05) is 6.92 Å². The second-order valence-corrected chi connectivity index (χ2v) is 2.81. The molecule has 0 heterocycles. The van der Waals surface area contributed by atoms with Crippen LogP contribution in [0.2, 0.25) is 0 Å². The average Bonchev–Trinajstić information content (AvgIpc) is 2.16. The molecule has 0 rings (SSSR count). The van der Waals surface area contributed by atoms with Crippen LogP contribution in [0.4, 0.5) is 4.79 Å². The van der Waals surface area contributed by atoms with Crippen LogP contribution in [0.3, 0.4) is 0 Å². The van der Waals surface area contributed by atoms with E-state index in [1.165, 1.54) is 0 Å². The fourth-order valence-electron chi connectivity index (χ4n) is 0.888. The largest absolute Gasteiger partial charge is 0.505 e. The number of carboxylic acid groups (broad SMARTS) is 1. The first kappa shape index (κ1) is 13.2. The van der Waals surface area contributed by atoms with E-state index in [-0.39, 0.29) is 12.7 Å². The van der Waals surface area contributed by atoms with Crippen LogP contribution < -0.4 is 0 Å². The van der Waals surface area contributed by atoms with E-state index >= 15 is 0 Å². The summed E-state index contributed by atoms with van der Waals surface area (Å²) in [4.78, 5) is 9.95. The van der Waals surface area contributed by atoms with Crippen LogP contribution in [0.15, 0.2) is 0 Å². The summed E-state index contributed by atoms with van der Waals surface area (Å²) in [5, 5.41) is 8.15. The van der Waals surface area contributed by atoms with E-state index in [1.54, 1.807) is 7.11 Å². The van der Waals surface area contributed by atoms with Gasteiger partial charge in [-0.1, -0.05) is 6.92 Å². The minimum Gasteiger partial charge on any atom is -0.450 e. The van der Waals surface area contributed by atoms with Crippen LogP contribution in [-0.2, 0) is 14.2 Å². The number of rotatable bonds is 8. The van der Waals surface area contributed by atoms with E-state index < -0.39 is 6.16 Å². The normalized spacial score (nSPS) is 12.4. The summed E-state index contributed by atoms with van der Waals surface area (Å²) in [7, 11) is 1.64. The third-order valence-electron chi connectivity index (χ3n) is 1.75. The smallest absolute Gasteiger partial charge is 0.450 e. The van der Waals surface area contributed by atoms with Gasteiger partial charge in [0.25, 0.3) is 0 Å². The Morgan fingerprint density at radius 3 is 2.64 bits per heavy atom. The molecule has 0 fully saturated rings. The zero-order valence-electron chi connectivity index (χ0n) is 8.69. The van der Waals surface area contributed by atoms with E-state index in [4.69, 9.17) is 14.6 Å². The van der Waals surface area contributed by atoms with Gasteiger partial charge < -0.3 is 19.3 Å². The first-order chi connectivity index (χ1) is 6.70. The van der Waals surface area contributed by atoms with Crippen LogP contribution in [0.5, 0.6) is 0 Å². The van der Waals surface area contributed by atoms with Gasteiger partial charge in [-0.3, -0.25) is 0 Å². The standard InChI is InChI=1S/C9H18O5/c1-3-8(12-2)7-13-5-4-6-14-9(10)11/h8H,3-7H2,1-2H3,(H,10,11). The summed E-state index contributed by atoms with van der Waals surface area (Å²) in [5.41, 5.74) is 0. The quantitative estimate of drug-likeness (QED) is 0.481. The zero-order valence-corrected chi connectivity index (χ0v) is 8.69. The minimum atomic E-state index is -1.24. The van der Waals surface area contributed by atoms with E-state index in [0.717, 1.165) is 6.42 Å². The average molecular weight is 206 g/mol. The summed E-state index contributed by atoms with van der Waals surface area (Å²) in [6.45, 7) is 3.23. The molecular weight excluding hydrogens is 188 g/mol. The van der Waals surface area contributed by atoms with Crippen molar-refractivity contribution in [2.75, 3.05) is 26.9 Å². The van der Waals surface area contributed by atoms with Crippen molar-refractivity contribution in [2.24, 2.45) is 0 Å². The topological polar surface area (TPSA) is 65.0 Å². The highest BCUT2D eigenvalue weighted by atomic mass is 16.7. The van der Waals surface area contributed by atoms with Gasteiger partial charge in [0, 0.05) is 20.1 Å². The zero-order chi connectivity index (χ0) is 10.8. The molecule has 5 heteroatoms. The molecule has 0 aliphatic rings. The lowest BCUT2D eigenvalue weighted by Gasteiger charge is -2.12. The SMILES string of the molecule is CCC(COCCCOC(=O)O)OC. The maximum atomic E-state index is 9.95. The predicted molar refractivity (Wildman–Crippen MR) is 50.5 cm³/mol. The van der Waals surface area contributed by atoms with Crippen LogP contribution in [0, 0.1) is 0 Å². The molecule has 0 aromatic carbocycles. The molecule has 1 atom stereocenters. The fraction of sp³-hybridized carbons (Fsp3) is 0.889. The number of ether oxygens (including phenoxy) is 3. The lowest BCUT2D eigenvalue weighted by molar-refractivity contribution is 0.00128. The van der Waals surface area contributed by atoms with E-state index in [0.29, 0.717) is 19.6 Å². The molecule has 14 heavy (non-hydrogen) atoms. The van der Waals surface area contributed by atoms with Gasteiger partial charge in [-0.25, -0.2) is 4.79 Å². The van der Waals surface area contributed by atoms with Crippen LogP contribution in [0.25, 0.3) is 0 Å². The van der Waals surface area contributed by atoms with Gasteiger partial charge >= 0.3 is 6.16 Å². The molecule has 0 aromatic rings. The lowest BCUT2D eigenvalue weighted by Crippen LogP contribution is -2.18. The van der Waals surface area contributed by atoms with E-state index in [2.05, 4.69) is 4.74 Å². The molecule has 84 valence electrons. The van der Waals surface area contributed by atoms with Gasteiger partial charge in [0.05, 0.1) is 19.3 Å². The number of carbonyl (C=O) groups is 1. The Morgan fingerprint density at radius 2 is 2.14 bits per heavy atom. The maximum absolute atomic E-state index is 9.95. The van der Waals surface area contributed by atoms with Gasteiger partial charge in [-0.15, -0.1) is 0 Å². The molecule has 0 aliphatic heterocycles. The Balaban J connectivity index is 3.16. The highest BCUT2D eigenvalue weighted by Crippen LogP contribution is 1.97. The van der Waals surface area contributed by atoms with Gasteiger partial charge in [-0.05, 0) is 6.42 Å². The van der Waals surface area contributed by atoms with Crippen molar-refractivity contribution >= 4 is 6.16 Å². The number of hydrogen-bond donors (Lipinski definition) is 1. The minimum absolute atomic E-state index is 0.121. The monoisotopic (exact) mass is 206 g/mol. The summed E-state index contributed by atoms with van der Waals surface area (Å²) >= 11 is 0. The Hall–Kier alpha value is -0.810. The third-order valence-corrected chi connectivity index (χ3v) is 1.75. The summed E-state index contributed by atoms with van der Waals surface area (Å²) in [6, 6.07) is 0. The fourth-order valence-corrected chi connectivity index (χ4v) is 0.888. The summed E-state index contributed by atoms with van der Waals surface area (Å²) < 4.78 is 14.7. The Kier molecular flexibility index (Phi) is 8.27. The Morgan fingerprint density at radius 1 is 1.43 bits per heavy atom. The van der Waals surface area contributed by atoms with Crippen LogP contribution >= 0.6 is 0 Å². The lowest BCUT2D eigenvalue weighted by atomic mass is 10.3. The molecule has 0 spiro atoms. The molecule has 1 unspecified atom stereocenters. The summed E-state index contributed by atoms with van der Waals surface area (Å²) in [5.74, 6) is 0. The first-order valence-corrected chi connectivity index (χ1v) is 4.67. The molecule has 0 aromatic heterocycles. The molecule has 0 radical (unpaired) electrons. The van der Waals surface area contributed by atoms with Gasteiger partial charge in [0.2, 0.25) is 0 Å². The Labute approximate surface area is 84.0 Å². The van der Waals surface area contributed by atoms with Crippen molar-refractivity contribution in [2.45, 2.75) is 25.9 Å². The van der Waals surface area contributed by atoms with Crippen LogP contribution in [-0.4, -0.2) is 44.3 Å². The van der Waals surface area contributed by atoms with Crippen molar-refractivity contribution < 1.29 is 24.1 Å². The number of methoxy groups -OCH3 is 1. The second kappa shape index (κ2) is 8.77. The summed E-state index contributed by atoms with van der Waals surface area (Å²) in [6.07, 6.45) is 0.359. The van der Waals surface area contributed by atoms with Crippen molar-refractivity contribution in [1.29, 1.82) is 0 Å². The van der Waals surface area contributed by atoms with Gasteiger partial charge in [-0.2, -0.15) is 0 Å². The molecule has 1 N–H and O–H groups in total. The molecule has 0 bridgehead atoms. The van der Waals surface area contributed by atoms with Crippen molar-refractivity contribution in [3.8, 4) is 0 Å². The first-order valence-electron chi connectivity index (χ1n) is 4.67. The highest BCUT2D eigenvalue weighted by molar-refractivity contribution is 5.56. The predicted octanol–water partition coefficient (Wildman–Crippen LogP) is 1.51. The second-order valence-electron chi connectivity index (χ2n) is 2.81. The van der Waals surface area contributed by atoms with Crippen LogP contribution in [0.1, 0.15) is 19.8 Å². The third kappa shape index (κ3) is 7.82. The van der Waals surface area contributed by atoms with Crippen molar-refractivity contribution in [1.82, 2.24) is 0 Å². The molecule has 0 saturated heterocycles. The van der Waals surface area contributed by atoms with Crippen molar-refractivity contribution in [3.05, 3.63) is 0 Å². The molecule has 5 nitrogen and oxygen atoms in total. The Bertz CT molecular complexity index is 144. The molecule has 0 amide bonds. The van der Waals surface area contributed by atoms with E-state index in [9.17, 15) is 4.79 Å². The van der Waals surface area contributed by atoms with Gasteiger partial charge in [0.1, 0.15) is 0 Å². The molecule has 0 saturated carbocycles. The molecule has 0 aliphatic carbocycles. The number of hydrogen-bond acceptors (Lipinski definition) is 4. The van der Waals surface area contributed by atoms with Gasteiger partial charge in [0.15, 0.2) is 0 Å².